The van der Waals surface area contributed by atoms with Crippen LogP contribution in [0.25, 0.3) is 5.69 Å². The van der Waals surface area contributed by atoms with Gasteiger partial charge in [0.2, 0.25) is 11.0 Å². The van der Waals surface area contributed by atoms with Crippen LogP contribution in [0.1, 0.15) is 23.1 Å². The third kappa shape index (κ3) is 6.60. The smallest absolute Gasteiger partial charge is 0.254 e. The lowest BCUT2D eigenvalue weighted by molar-refractivity contribution is -0.113. The van der Waals surface area contributed by atoms with Gasteiger partial charge in [-0.1, -0.05) is 71.6 Å². The van der Waals surface area contributed by atoms with Crippen LogP contribution >= 0.6 is 46.5 Å². The van der Waals surface area contributed by atoms with Crippen molar-refractivity contribution < 1.29 is 14.0 Å². The number of anilines is 1. The van der Waals surface area contributed by atoms with Gasteiger partial charge < -0.3 is 5.32 Å². The van der Waals surface area contributed by atoms with Crippen molar-refractivity contribution in [2.45, 2.75) is 23.0 Å². The van der Waals surface area contributed by atoms with E-state index in [4.69, 9.17) is 11.6 Å². The van der Waals surface area contributed by atoms with Gasteiger partial charge in [-0.25, -0.2) is 4.39 Å². The van der Waals surface area contributed by atoms with Crippen LogP contribution in [0.3, 0.4) is 0 Å². The Kier molecular flexibility index (Phi) is 8.91. The fraction of sp³-hybridized carbons (Fsp3) is 0.182. The van der Waals surface area contributed by atoms with Gasteiger partial charge in [-0.2, -0.15) is 0 Å². The monoisotopic (exact) mass is 563 g/mol. The van der Waals surface area contributed by atoms with Crippen LogP contribution in [-0.2, 0) is 11.3 Å². The van der Waals surface area contributed by atoms with Gasteiger partial charge in [-0.15, -0.1) is 20.4 Å². The zero-order chi connectivity index (χ0) is 25.5. The Bertz CT molecular complexity index is 1380. The summed E-state index contributed by atoms with van der Waals surface area (Å²) in [6, 6.07) is 12.7. The molecule has 9 nitrogen and oxygen atoms in total. The first kappa shape index (κ1) is 26.1. The summed E-state index contributed by atoms with van der Waals surface area (Å²) in [5.74, 6) is -0.199. The molecule has 0 aliphatic rings. The van der Waals surface area contributed by atoms with Crippen LogP contribution in [0.4, 0.5) is 9.52 Å². The average Bonchev–Trinajstić information content (AvgIpc) is 3.48. The number of thioether (sulfide) groups is 2. The third-order valence-corrected chi connectivity index (χ3v) is 7.56. The molecule has 0 atom stereocenters. The van der Waals surface area contributed by atoms with Crippen molar-refractivity contribution >= 4 is 63.4 Å². The molecule has 186 valence electrons. The van der Waals surface area contributed by atoms with E-state index in [1.54, 1.807) is 46.7 Å². The number of carbonyl (C=O) groups is 2. The van der Waals surface area contributed by atoms with E-state index in [-0.39, 0.29) is 23.8 Å². The number of benzene rings is 2. The second-order valence-corrected chi connectivity index (χ2v) is 10.9. The first-order valence-corrected chi connectivity index (χ1v) is 13.7. The predicted octanol–water partition coefficient (Wildman–Crippen LogP) is 4.68. The number of aromatic nitrogens is 5. The van der Waals surface area contributed by atoms with E-state index in [0.717, 1.165) is 21.9 Å². The Labute approximate surface area is 223 Å². The third-order valence-electron chi connectivity index (χ3n) is 4.55. The zero-order valence-corrected chi connectivity index (χ0v) is 22.0. The summed E-state index contributed by atoms with van der Waals surface area (Å²) in [5.41, 5.74) is 0.575. The Morgan fingerprint density at radius 1 is 1.08 bits per heavy atom. The minimum atomic E-state index is -0.621. The van der Waals surface area contributed by atoms with Crippen LogP contribution in [0.15, 0.2) is 58.0 Å². The highest BCUT2D eigenvalue weighted by molar-refractivity contribution is 8.01. The van der Waals surface area contributed by atoms with Gasteiger partial charge in [0, 0.05) is 5.02 Å². The number of nitrogens with one attached hydrogen (secondary N) is 2. The highest BCUT2D eigenvalue weighted by Gasteiger charge is 2.19. The largest absolute Gasteiger partial charge is 0.345 e. The normalized spacial score (nSPS) is 10.9. The maximum Gasteiger partial charge on any atom is 0.254 e. The van der Waals surface area contributed by atoms with Gasteiger partial charge in [-0.05, 0) is 36.1 Å². The predicted molar refractivity (Wildman–Crippen MR) is 140 cm³/mol. The second kappa shape index (κ2) is 12.3. The maximum atomic E-state index is 14.0. The van der Waals surface area contributed by atoms with Gasteiger partial charge in [0.05, 0.1) is 23.5 Å². The van der Waals surface area contributed by atoms with Gasteiger partial charge in [0.25, 0.3) is 5.91 Å². The van der Waals surface area contributed by atoms with E-state index in [9.17, 15) is 14.0 Å². The van der Waals surface area contributed by atoms with Gasteiger partial charge >= 0.3 is 0 Å². The first-order chi connectivity index (χ1) is 17.4. The molecule has 2 aromatic carbocycles. The molecule has 2 heterocycles. The highest BCUT2D eigenvalue weighted by atomic mass is 35.5. The van der Waals surface area contributed by atoms with Crippen LogP contribution < -0.4 is 10.6 Å². The average molecular weight is 564 g/mol. The summed E-state index contributed by atoms with van der Waals surface area (Å²) in [6.45, 7) is 1.98. The molecule has 14 heteroatoms. The van der Waals surface area contributed by atoms with Crippen molar-refractivity contribution in [3.8, 4) is 5.69 Å². The zero-order valence-electron chi connectivity index (χ0n) is 18.8. The Morgan fingerprint density at radius 3 is 2.69 bits per heavy atom. The van der Waals surface area contributed by atoms with E-state index in [2.05, 4.69) is 31.0 Å². The molecule has 0 bridgehead atoms. The molecule has 36 heavy (non-hydrogen) atoms. The fourth-order valence-electron chi connectivity index (χ4n) is 3.01. The number of halogens is 2. The van der Waals surface area contributed by atoms with Crippen LogP contribution in [0, 0.1) is 5.82 Å². The molecule has 2 N–H and O–H groups in total. The summed E-state index contributed by atoms with van der Waals surface area (Å²) >= 11 is 10.2. The molecule has 0 radical (unpaired) electrons. The van der Waals surface area contributed by atoms with Crippen LogP contribution in [0.5, 0.6) is 0 Å². The molecule has 0 unspecified atom stereocenters. The topological polar surface area (TPSA) is 115 Å². The van der Waals surface area contributed by atoms with Gasteiger partial charge in [0.1, 0.15) is 5.82 Å². The molecule has 0 saturated carbocycles. The SMILES string of the molecule is CCSc1nnc(NC(=O)CSc2nnc(CNC(=O)c3ccccc3F)n2-c2cccc(Cl)c2)s1. The minimum Gasteiger partial charge on any atom is -0.345 e. The van der Waals surface area contributed by atoms with Crippen LogP contribution in [0.2, 0.25) is 5.02 Å². The van der Waals surface area contributed by atoms with Crippen molar-refractivity contribution in [1.29, 1.82) is 0 Å². The van der Waals surface area contributed by atoms with Gasteiger partial charge in [-0.3, -0.25) is 19.5 Å². The summed E-state index contributed by atoms with van der Waals surface area (Å²) < 4.78 is 16.4. The Balaban J connectivity index is 1.49. The van der Waals surface area contributed by atoms with E-state index >= 15 is 0 Å². The lowest BCUT2D eigenvalue weighted by atomic mass is 10.2. The van der Waals surface area contributed by atoms with E-state index in [1.807, 2.05) is 6.92 Å². The number of carbonyl (C=O) groups excluding carboxylic acids is 2. The quantitative estimate of drug-likeness (QED) is 0.211. The summed E-state index contributed by atoms with van der Waals surface area (Å²) in [5, 5.41) is 23.1. The van der Waals surface area contributed by atoms with Crippen molar-refractivity contribution in [2.24, 2.45) is 0 Å². The molecule has 0 spiro atoms. The number of nitrogens with zero attached hydrogens (tertiary/aromatic N) is 5. The molecule has 0 aliphatic heterocycles. The molecule has 0 saturated heterocycles. The molecular formula is C22H19ClFN7O2S3. The minimum absolute atomic E-state index is 0.0257. The lowest BCUT2D eigenvalue weighted by Gasteiger charge is -2.11. The molecular weight excluding hydrogens is 545 g/mol. The van der Waals surface area contributed by atoms with E-state index < -0.39 is 11.7 Å². The molecule has 4 rings (SSSR count). The molecule has 2 aromatic heterocycles. The summed E-state index contributed by atoms with van der Waals surface area (Å²) in [6.07, 6.45) is 0. The van der Waals surface area contributed by atoms with Crippen molar-refractivity contribution in [3.05, 3.63) is 70.8 Å². The van der Waals surface area contributed by atoms with E-state index in [1.165, 1.54) is 29.5 Å². The van der Waals surface area contributed by atoms with Crippen molar-refractivity contribution in [1.82, 2.24) is 30.3 Å². The number of amides is 2. The maximum absolute atomic E-state index is 14.0. The Hall–Kier alpha value is -3.00. The molecule has 0 fully saturated rings. The second-order valence-electron chi connectivity index (χ2n) is 7.02. The molecule has 4 aromatic rings. The van der Waals surface area contributed by atoms with Crippen molar-refractivity contribution in [2.75, 3.05) is 16.8 Å². The standard InChI is InChI=1S/C22H19ClFN7O2S3/c1-2-34-22-30-28-20(36-22)26-18(32)12-35-21-29-27-17(31(21)14-7-5-6-13(23)10-14)11-25-19(33)15-8-3-4-9-16(15)24/h3-10H,2,11-12H2,1H3,(H,25,33)(H,26,28,32). The van der Waals surface area contributed by atoms with Crippen LogP contribution in [-0.4, -0.2) is 48.3 Å². The number of rotatable bonds is 10. The number of hydrogen-bond donors (Lipinski definition) is 2. The molecule has 0 aliphatic carbocycles. The van der Waals surface area contributed by atoms with Crippen molar-refractivity contribution in [3.63, 3.8) is 0 Å². The fourth-order valence-corrected chi connectivity index (χ4v) is 5.63. The lowest BCUT2D eigenvalue weighted by Crippen LogP contribution is -2.25. The first-order valence-electron chi connectivity index (χ1n) is 10.6. The highest BCUT2D eigenvalue weighted by Crippen LogP contribution is 2.27. The summed E-state index contributed by atoms with van der Waals surface area (Å²) in [4.78, 5) is 25.0. The molecule has 2 amide bonds. The Morgan fingerprint density at radius 2 is 1.92 bits per heavy atom. The summed E-state index contributed by atoms with van der Waals surface area (Å²) in [7, 11) is 0. The van der Waals surface area contributed by atoms with E-state index in [0.29, 0.717) is 26.8 Å². The van der Waals surface area contributed by atoms with Gasteiger partial charge in [0.15, 0.2) is 15.3 Å². The number of hydrogen-bond acceptors (Lipinski definition) is 9.